The molecule has 1 saturated heterocycles. The summed E-state index contributed by atoms with van der Waals surface area (Å²) >= 11 is 0. The minimum Gasteiger partial charge on any atom is -0.508 e. The smallest absolute Gasteiger partial charge is 0.254 e. The first-order chi connectivity index (χ1) is 8.56. The SMILES string of the molecule is CC1CCCN(C(=O)c2cc(O)cc(O)c2)CC1. The Balaban J connectivity index is 2.14. The molecule has 98 valence electrons. The lowest BCUT2D eigenvalue weighted by molar-refractivity contribution is 0.0759. The molecule has 1 aromatic carbocycles. The summed E-state index contributed by atoms with van der Waals surface area (Å²) in [5.41, 5.74) is 0.349. The number of rotatable bonds is 1. The molecule has 0 spiro atoms. The van der Waals surface area contributed by atoms with Gasteiger partial charge in [-0.15, -0.1) is 0 Å². The van der Waals surface area contributed by atoms with Gasteiger partial charge in [0.05, 0.1) is 0 Å². The van der Waals surface area contributed by atoms with Crippen LogP contribution in [0.3, 0.4) is 0 Å². The largest absolute Gasteiger partial charge is 0.508 e. The van der Waals surface area contributed by atoms with Crippen molar-refractivity contribution in [1.82, 2.24) is 4.90 Å². The van der Waals surface area contributed by atoms with Gasteiger partial charge < -0.3 is 15.1 Å². The molecular formula is C14H19NO3. The quantitative estimate of drug-likeness (QED) is 0.803. The Kier molecular flexibility index (Phi) is 3.75. The van der Waals surface area contributed by atoms with E-state index in [1.54, 1.807) is 4.90 Å². The van der Waals surface area contributed by atoms with Gasteiger partial charge in [-0.25, -0.2) is 0 Å². The minimum atomic E-state index is -0.115. The van der Waals surface area contributed by atoms with E-state index in [1.165, 1.54) is 18.2 Å². The molecule has 0 aliphatic carbocycles. The second-order valence-electron chi connectivity index (χ2n) is 5.07. The number of hydrogen-bond donors (Lipinski definition) is 2. The molecule has 0 bridgehead atoms. The Morgan fingerprint density at radius 3 is 2.50 bits per heavy atom. The number of carbonyl (C=O) groups excluding carboxylic acids is 1. The van der Waals surface area contributed by atoms with Crippen LogP contribution in [0.2, 0.25) is 0 Å². The zero-order valence-corrected chi connectivity index (χ0v) is 10.6. The van der Waals surface area contributed by atoms with Crippen molar-refractivity contribution in [2.45, 2.75) is 26.2 Å². The summed E-state index contributed by atoms with van der Waals surface area (Å²) in [6.07, 6.45) is 3.17. The number of aromatic hydroxyl groups is 2. The number of phenolic OH excluding ortho intramolecular Hbond substituents is 2. The molecule has 1 unspecified atom stereocenters. The van der Waals surface area contributed by atoms with Gasteiger partial charge in [-0.05, 0) is 37.3 Å². The third-order valence-electron chi connectivity index (χ3n) is 3.45. The summed E-state index contributed by atoms with van der Waals surface area (Å²) in [4.78, 5) is 14.1. The van der Waals surface area contributed by atoms with Gasteiger partial charge in [-0.2, -0.15) is 0 Å². The lowest BCUT2D eigenvalue weighted by atomic mass is 10.0. The van der Waals surface area contributed by atoms with Gasteiger partial charge in [-0.3, -0.25) is 4.79 Å². The summed E-state index contributed by atoms with van der Waals surface area (Å²) in [5, 5.41) is 18.8. The molecule has 1 heterocycles. The van der Waals surface area contributed by atoms with E-state index >= 15 is 0 Å². The van der Waals surface area contributed by atoms with Crippen LogP contribution < -0.4 is 0 Å². The van der Waals surface area contributed by atoms with Crippen molar-refractivity contribution in [2.24, 2.45) is 5.92 Å². The molecule has 0 saturated carbocycles. The molecule has 1 aliphatic heterocycles. The lowest BCUT2D eigenvalue weighted by Gasteiger charge is -2.20. The number of hydrogen-bond acceptors (Lipinski definition) is 3. The summed E-state index contributed by atoms with van der Waals surface area (Å²) < 4.78 is 0. The Morgan fingerprint density at radius 1 is 1.17 bits per heavy atom. The van der Waals surface area contributed by atoms with Gasteiger partial charge >= 0.3 is 0 Å². The van der Waals surface area contributed by atoms with E-state index in [0.29, 0.717) is 11.5 Å². The number of benzene rings is 1. The number of carbonyl (C=O) groups is 1. The van der Waals surface area contributed by atoms with Gasteiger partial charge in [0.1, 0.15) is 11.5 Å². The Hall–Kier alpha value is -1.71. The molecule has 1 aliphatic rings. The topological polar surface area (TPSA) is 60.8 Å². The van der Waals surface area contributed by atoms with E-state index in [-0.39, 0.29) is 17.4 Å². The van der Waals surface area contributed by atoms with Crippen molar-refractivity contribution in [2.75, 3.05) is 13.1 Å². The molecule has 1 aromatic rings. The van der Waals surface area contributed by atoms with Crippen LogP contribution in [0.5, 0.6) is 11.5 Å². The highest BCUT2D eigenvalue weighted by atomic mass is 16.3. The minimum absolute atomic E-state index is 0.0819. The van der Waals surface area contributed by atoms with Crippen LogP contribution in [-0.2, 0) is 0 Å². The third kappa shape index (κ3) is 2.94. The van der Waals surface area contributed by atoms with E-state index in [0.717, 1.165) is 32.4 Å². The van der Waals surface area contributed by atoms with E-state index in [2.05, 4.69) is 6.92 Å². The Labute approximate surface area is 107 Å². The van der Waals surface area contributed by atoms with Gasteiger partial charge in [0.25, 0.3) is 5.91 Å². The zero-order chi connectivity index (χ0) is 13.1. The van der Waals surface area contributed by atoms with E-state index in [1.807, 2.05) is 0 Å². The fraction of sp³-hybridized carbons (Fsp3) is 0.500. The van der Waals surface area contributed by atoms with Crippen molar-refractivity contribution < 1.29 is 15.0 Å². The molecular weight excluding hydrogens is 230 g/mol. The first-order valence-corrected chi connectivity index (χ1v) is 6.38. The van der Waals surface area contributed by atoms with Crippen LogP contribution in [0, 0.1) is 5.92 Å². The first kappa shape index (κ1) is 12.7. The van der Waals surface area contributed by atoms with Gasteiger partial charge in [0.15, 0.2) is 0 Å². The van der Waals surface area contributed by atoms with Crippen molar-refractivity contribution in [3.05, 3.63) is 23.8 Å². The highest BCUT2D eigenvalue weighted by molar-refractivity contribution is 5.95. The fourth-order valence-corrected chi connectivity index (χ4v) is 2.37. The standard InChI is InChI=1S/C14H19NO3/c1-10-3-2-5-15(6-4-10)14(18)11-7-12(16)9-13(17)8-11/h7-10,16-17H,2-6H2,1H3. The third-order valence-corrected chi connectivity index (χ3v) is 3.45. The predicted octanol–water partition coefficient (Wildman–Crippen LogP) is 2.36. The maximum atomic E-state index is 12.3. The van der Waals surface area contributed by atoms with Crippen LogP contribution in [-0.4, -0.2) is 34.1 Å². The molecule has 1 atom stereocenters. The van der Waals surface area contributed by atoms with Crippen LogP contribution >= 0.6 is 0 Å². The normalized spacial score (nSPS) is 20.5. The van der Waals surface area contributed by atoms with Crippen LogP contribution in [0.15, 0.2) is 18.2 Å². The number of nitrogens with zero attached hydrogens (tertiary/aromatic N) is 1. The molecule has 2 N–H and O–H groups in total. The number of amides is 1. The van der Waals surface area contributed by atoms with Crippen LogP contribution in [0.1, 0.15) is 36.5 Å². The summed E-state index contributed by atoms with van der Waals surface area (Å²) in [6, 6.07) is 4.02. The fourth-order valence-electron chi connectivity index (χ4n) is 2.37. The molecule has 4 heteroatoms. The highest BCUT2D eigenvalue weighted by Gasteiger charge is 2.20. The summed E-state index contributed by atoms with van der Waals surface area (Å²) in [5.74, 6) is 0.374. The average Bonchev–Trinajstić information content (AvgIpc) is 2.52. The number of phenols is 2. The maximum Gasteiger partial charge on any atom is 0.254 e. The predicted molar refractivity (Wildman–Crippen MR) is 68.7 cm³/mol. The van der Waals surface area contributed by atoms with Crippen LogP contribution in [0.4, 0.5) is 0 Å². The maximum absolute atomic E-state index is 12.3. The van der Waals surface area contributed by atoms with Gasteiger partial charge in [0, 0.05) is 24.7 Å². The van der Waals surface area contributed by atoms with E-state index in [9.17, 15) is 15.0 Å². The summed E-state index contributed by atoms with van der Waals surface area (Å²) in [6.45, 7) is 3.70. The molecule has 0 aromatic heterocycles. The monoisotopic (exact) mass is 249 g/mol. The Morgan fingerprint density at radius 2 is 1.83 bits per heavy atom. The average molecular weight is 249 g/mol. The number of likely N-dealkylation sites (tertiary alicyclic amines) is 1. The zero-order valence-electron chi connectivity index (χ0n) is 10.6. The van der Waals surface area contributed by atoms with Crippen molar-refractivity contribution >= 4 is 5.91 Å². The van der Waals surface area contributed by atoms with Crippen molar-refractivity contribution in [1.29, 1.82) is 0 Å². The molecule has 2 rings (SSSR count). The van der Waals surface area contributed by atoms with Crippen molar-refractivity contribution in [3.63, 3.8) is 0 Å². The van der Waals surface area contributed by atoms with E-state index in [4.69, 9.17) is 0 Å². The highest BCUT2D eigenvalue weighted by Crippen LogP contribution is 2.23. The van der Waals surface area contributed by atoms with Gasteiger partial charge in [0.2, 0.25) is 0 Å². The second kappa shape index (κ2) is 5.29. The van der Waals surface area contributed by atoms with Crippen LogP contribution in [0.25, 0.3) is 0 Å². The Bertz CT molecular complexity index is 424. The van der Waals surface area contributed by atoms with E-state index < -0.39 is 0 Å². The van der Waals surface area contributed by atoms with Gasteiger partial charge in [-0.1, -0.05) is 6.92 Å². The summed E-state index contributed by atoms with van der Waals surface area (Å²) in [7, 11) is 0. The van der Waals surface area contributed by atoms with Crippen molar-refractivity contribution in [3.8, 4) is 11.5 Å². The molecule has 1 fully saturated rings. The second-order valence-corrected chi connectivity index (χ2v) is 5.07. The molecule has 0 radical (unpaired) electrons. The first-order valence-electron chi connectivity index (χ1n) is 6.38. The lowest BCUT2D eigenvalue weighted by Crippen LogP contribution is -2.31. The molecule has 4 nitrogen and oxygen atoms in total. The molecule has 1 amide bonds. The molecule has 18 heavy (non-hydrogen) atoms.